The van der Waals surface area contributed by atoms with E-state index < -0.39 is 5.54 Å². The standard InChI is InChI=1S/C16H22N2O2/c1-18-16(13-17)9-5-8-15(12-16)20-11-10-19-14-6-3-2-4-7-14/h2-4,6-7,15,18H,5,8-12H2,1H3. The van der Waals surface area contributed by atoms with Gasteiger partial charge < -0.3 is 14.8 Å². The molecule has 1 aliphatic rings. The number of para-hydroxylation sites is 1. The van der Waals surface area contributed by atoms with Gasteiger partial charge >= 0.3 is 0 Å². The van der Waals surface area contributed by atoms with Crippen LogP contribution in [0.25, 0.3) is 0 Å². The van der Waals surface area contributed by atoms with Crippen LogP contribution in [0.2, 0.25) is 0 Å². The monoisotopic (exact) mass is 274 g/mol. The minimum absolute atomic E-state index is 0.148. The Morgan fingerprint density at radius 1 is 1.35 bits per heavy atom. The van der Waals surface area contributed by atoms with Gasteiger partial charge in [-0.25, -0.2) is 0 Å². The van der Waals surface area contributed by atoms with E-state index in [1.54, 1.807) is 0 Å². The first-order valence-electron chi connectivity index (χ1n) is 7.18. The van der Waals surface area contributed by atoms with E-state index in [4.69, 9.17) is 9.47 Å². The summed E-state index contributed by atoms with van der Waals surface area (Å²) in [4.78, 5) is 0. The van der Waals surface area contributed by atoms with Gasteiger partial charge in [-0.1, -0.05) is 18.2 Å². The molecular weight excluding hydrogens is 252 g/mol. The van der Waals surface area contributed by atoms with Crippen molar-refractivity contribution in [2.45, 2.75) is 37.3 Å². The zero-order valence-corrected chi connectivity index (χ0v) is 12.0. The van der Waals surface area contributed by atoms with Crippen LogP contribution >= 0.6 is 0 Å². The van der Waals surface area contributed by atoms with Crippen molar-refractivity contribution in [2.75, 3.05) is 20.3 Å². The van der Waals surface area contributed by atoms with E-state index in [1.807, 2.05) is 37.4 Å². The van der Waals surface area contributed by atoms with Crippen LogP contribution < -0.4 is 10.1 Å². The predicted octanol–water partition coefficient (Wildman–Crippen LogP) is 2.51. The average molecular weight is 274 g/mol. The van der Waals surface area contributed by atoms with E-state index in [9.17, 15) is 5.26 Å². The van der Waals surface area contributed by atoms with Crippen LogP contribution in [0.15, 0.2) is 30.3 Å². The molecule has 0 amide bonds. The molecular formula is C16H22N2O2. The highest BCUT2D eigenvalue weighted by atomic mass is 16.5. The van der Waals surface area contributed by atoms with Crippen LogP contribution in [0.5, 0.6) is 5.75 Å². The van der Waals surface area contributed by atoms with Gasteiger partial charge in [0.2, 0.25) is 0 Å². The van der Waals surface area contributed by atoms with Gasteiger partial charge in [0, 0.05) is 6.42 Å². The number of ether oxygens (including phenoxy) is 2. The topological polar surface area (TPSA) is 54.3 Å². The molecule has 4 heteroatoms. The van der Waals surface area contributed by atoms with Crippen molar-refractivity contribution in [3.05, 3.63) is 30.3 Å². The van der Waals surface area contributed by atoms with Gasteiger partial charge in [-0.3, -0.25) is 0 Å². The molecule has 1 N–H and O–H groups in total. The predicted molar refractivity (Wildman–Crippen MR) is 77.5 cm³/mol. The Hall–Kier alpha value is -1.57. The number of hydrogen-bond donors (Lipinski definition) is 1. The summed E-state index contributed by atoms with van der Waals surface area (Å²) in [6, 6.07) is 12.1. The first-order chi connectivity index (χ1) is 9.78. The third kappa shape index (κ3) is 3.96. The summed E-state index contributed by atoms with van der Waals surface area (Å²) in [5.74, 6) is 0.862. The van der Waals surface area contributed by atoms with Crippen LogP contribution in [0.3, 0.4) is 0 Å². The molecule has 0 heterocycles. The molecule has 0 bridgehead atoms. The third-order valence-electron chi connectivity index (χ3n) is 3.85. The molecule has 20 heavy (non-hydrogen) atoms. The lowest BCUT2D eigenvalue weighted by atomic mass is 9.81. The van der Waals surface area contributed by atoms with Crippen LogP contribution in [-0.4, -0.2) is 31.9 Å². The van der Waals surface area contributed by atoms with Gasteiger partial charge in [0.1, 0.15) is 17.9 Å². The van der Waals surface area contributed by atoms with Crippen molar-refractivity contribution in [3.8, 4) is 11.8 Å². The van der Waals surface area contributed by atoms with Crippen LogP contribution in [0, 0.1) is 11.3 Å². The van der Waals surface area contributed by atoms with Crippen LogP contribution in [0.4, 0.5) is 0 Å². The summed E-state index contributed by atoms with van der Waals surface area (Å²) < 4.78 is 11.4. The molecule has 0 radical (unpaired) electrons. The van der Waals surface area contributed by atoms with E-state index in [0.717, 1.165) is 31.4 Å². The van der Waals surface area contributed by atoms with E-state index in [2.05, 4.69) is 11.4 Å². The van der Waals surface area contributed by atoms with Crippen molar-refractivity contribution < 1.29 is 9.47 Å². The lowest BCUT2D eigenvalue weighted by molar-refractivity contribution is -0.00249. The lowest BCUT2D eigenvalue weighted by Gasteiger charge is -2.35. The van der Waals surface area contributed by atoms with Crippen molar-refractivity contribution in [3.63, 3.8) is 0 Å². The van der Waals surface area contributed by atoms with Gasteiger partial charge in [-0.05, 0) is 38.4 Å². The first-order valence-corrected chi connectivity index (χ1v) is 7.18. The molecule has 1 aromatic rings. The largest absolute Gasteiger partial charge is 0.491 e. The highest BCUT2D eigenvalue weighted by Crippen LogP contribution is 2.29. The lowest BCUT2D eigenvalue weighted by Crippen LogP contribution is -2.47. The van der Waals surface area contributed by atoms with Gasteiger partial charge in [0.05, 0.1) is 18.8 Å². The number of benzene rings is 1. The number of nitriles is 1. The Balaban J connectivity index is 1.70. The molecule has 0 spiro atoms. The fraction of sp³-hybridized carbons (Fsp3) is 0.562. The Morgan fingerprint density at radius 2 is 2.15 bits per heavy atom. The van der Waals surface area contributed by atoms with E-state index in [1.165, 1.54) is 0 Å². The Morgan fingerprint density at radius 3 is 2.85 bits per heavy atom. The zero-order chi connectivity index (χ0) is 14.3. The highest BCUT2D eigenvalue weighted by molar-refractivity contribution is 5.20. The maximum absolute atomic E-state index is 9.29. The molecule has 0 saturated heterocycles. The minimum Gasteiger partial charge on any atom is -0.491 e. The molecule has 2 rings (SSSR count). The summed E-state index contributed by atoms with van der Waals surface area (Å²) >= 11 is 0. The summed E-state index contributed by atoms with van der Waals surface area (Å²) in [6.45, 7) is 1.10. The van der Waals surface area contributed by atoms with Crippen molar-refractivity contribution in [1.29, 1.82) is 5.26 Å². The molecule has 1 fully saturated rings. The second-order valence-electron chi connectivity index (χ2n) is 5.19. The van der Waals surface area contributed by atoms with E-state index >= 15 is 0 Å². The third-order valence-corrected chi connectivity index (χ3v) is 3.85. The molecule has 1 aromatic carbocycles. The average Bonchev–Trinajstić information content (AvgIpc) is 2.53. The Kier molecular flexibility index (Phi) is 5.40. The number of rotatable bonds is 6. The summed E-state index contributed by atoms with van der Waals surface area (Å²) in [5, 5.41) is 12.4. The van der Waals surface area contributed by atoms with Gasteiger partial charge in [-0.15, -0.1) is 0 Å². The number of nitrogens with zero attached hydrogens (tertiary/aromatic N) is 1. The molecule has 2 atom stereocenters. The molecule has 1 aliphatic carbocycles. The first kappa shape index (κ1) is 14.8. The van der Waals surface area contributed by atoms with Crippen molar-refractivity contribution in [1.82, 2.24) is 5.32 Å². The SMILES string of the molecule is CNC1(C#N)CCCC(OCCOc2ccccc2)C1. The van der Waals surface area contributed by atoms with Crippen LogP contribution in [-0.2, 0) is 4.74 Å². The Labute approximate surface area is 120 Å². The highest BCUT2D eigenvalue weighted by Gasteiger charge is 2.35. The molecule has 108 valence electrons. The molecule has 0 aromatic heterocycles. The second-order valence-corrected chi connectivity index (χ2v) is 5.19. The van der Waals surface area contributed by atoms with Gasteiger partial charge in [0.15, 0.2) is 0 Å². The molecule has 0 aliphatic heterocycles. The second kappa shape index (κ2) is 7.28. The quantitative estimate of drug-likeness (QED) is 0.810. The molecule has 4 nitrogen and oxygen atoms in total. The zero-order valence-electron chi connectivity index (χ0n) is 12.0. The normalized spacial score (nSPS) is 25.9. The van der Waals surface area contributed by atoms with E-state index in [0.29, 0.717) is 13.2 Å². The Bertz CT molecular complexity index is 444. The van der Waals surface area contributed by atoms with Gasteiger partial charge in [-0.2, -0.15) is 5.26 Å². The number of nitrogens with one attached hydrogen (secondary N) is 1. The summed E-state index contributed by atoms with van der Waals surface area (Å²) in [5.41, 5.74) is -0.413. The fourth-order valence-electron chi connectivity index (χ4n) is 2.64. The maximum atomic E-state index is 9.29. The summed E-state index contributed by atoms with van der Waals surface area (Å²) in [7, 11) is 1.85. The smallest absolute Gasteiger partial charge is 0.119 e. The maximum Gasteiger partial charge on any atom is 0.119 e. The van der Waals surface area contributed by atoms with Gasteiger partial charge in [0.25, 0.3) is 0 Å². The number of hydrogen-bond acceptors (Lipinski definition) is 4. The fourth-order valence-corrected chi connectivity index (χ4v) is 2.64. The van der Waals surface area contributed by atoms with Crippen LogP contribution in [0.1, 0.15) is 25.7 Å². The van der Waals surface area contributed by atoms with E-state index in [-0.39, 0.29) is 6.10 Å². The minimum atomic E-state index is -0.413. The van der Waals surface area contributed by atoms with Crippen molar-refractivity contribution >= 4 is 0 Å². The molecule has 1 saturated carbocycles. The molecule has 2 unspecified atom stereocenters. The van der Waals surface area contributed by atoms with Crippen molar-refractivity contribution in [2.24, 2.45) is 0 Å². The summed E-state index contributed by atoms with van der Waals surface area (Å²) in [6.07, 6.45) is 3.86.